The number of carbonyl (C=O) groups is 1. The number of unbranched alkanes of at least 4 members (excludes halogenated alkanes) is 1. The molecule has 1 fully saturated rings. The predicted octanol–water partition coefficient (Wildman–Crippen LogP) is 2.36. The summed E-state index contributed by atoms with van der Waals surface area (Å²) in [6.45, 7) is 6.10. The number of hydrogen-bond donors (Lipinski definition) is 0. The molecule has 4 heterocycles. The van der Waals surface area contributed by atoms with Crippen molar-refractivity contribution in [3.8, 4) is 0 Å². The maximum Gasteiger partial charge on any atom is 0.222 e. The summed E-state index contributed by atoms with van der Waals surface area (Å²) in [5.41, 5.74) is 0. The normalized spacial score (nSPS) is 14.8. The molecule has 3 aromatic rings. The first-order chi connectivity index (χ1) is 13.7. The lowest BCUT2D eigenvalue weighted by atomic mass is 10.2. The molecule has 0 saturated carbocycles. The SMILES string of the molecule is CCc1cc2c(N3CCN(C(=O)CCCCn4cncn4)CC3)ncnc2s1. The van der Waals surface area contributed by atoms with Crippen molar-refractivity contribution in [1.82, 2.24) is 29.6 Å². The van der Waals surface area contributed by atoms with Crippen LogP contribution in [0.25, 0.3) is 10.2 Å². The third kappa shape index (κ3) is 4.14. The van der Waals surface area contributed by atoms with Crippen molar-refractivity contribution in [2.75, 3.05) is 31.1 Å². The Kier molecular flexibility index (Phi) is 5.80. The fraction of sp³-hybridized carbons (Fsp3) is 0.526. The number of nitrogens with zero attached hydrogens (tertiary/aromatic N) is 7. The highest BCUT2D eigenvalue weighted by atomic mass is 32.1. The molecule has 0 aliphatic carbocycles. The van der Waals surface area contributed by atoms with Crippen molar-refractivity contribution in [3.63, 3.8) is 0 Å². The molecule has 28 heavy (non-hydrogen) atoms. The van der Waals surface area contributed by atoms with E-state index in [-0.39, 0.29) is 5.91 Å². The summed E-state index contributed by atoms with van der Waals surface area (Å²) in [5.74, 6) is 1.25. The molecule has 0 N–H and O–H groups in total. The molecule has 0 unspecified atom stereocenters. The number of anilines is 1. The lowest BCUT2D eigenvalue weighted by molar-refractivity contribution is -0.131. The number of piperazine rings is 1. The third-order valence-electron chi connectivity index (χ3n) is 5.13. The first kappa shape index (κ1) is 18.8. The van der Waals surface area contributed by atoms with Crippen LogP contribution in [0.3, 0.4) is 0 Å². The van der Waals surface area contributed by atoms with Gasteiger partial charge in [-0.05, 0) is 25.3 Å². The van der Waals surface area contributed by atoms with Crippen LogP contribution in [0, 0.1) is 0 Å². The maximum atomic E-state index is 12.5. The van der Waals surface area contributed by atoms with Crippen molar-refractivity contribution < 1.29 is 4.79 Å². The van der Waals surface area contributed by atoms with Crippen LogP contribution in [-0.2, 0) is 17.8 Å². The summed E-state index contributed by atoms with van der Waals surface area (Å²) >= 11 is 1.74. The monoisotopic (exact) mass is 399 g/mol. The zero-order valence-corrected chi connectivity index (χ0v) is 16.9. The molecule has 0 aromatic carbocycles. The minimum Gasteiger partial charge on any atom is -0.352 e. The van der Waals surface area contributed by atoms with Gasteiger partial charge in [0.05, 0.1) is 5.39 Å². The Balaban J connectivity index is 1.28. The van der Waals surface area contributed by atoms with E-state index in [0.29, 0.717) is 6.42 Å². The fourth-order valence-corrected chi connectivity index (χ4v) is 4.47. The summed E-state index contributed by atoms with van der Waals surface area (Å²) in [7, 11) is 0. The highest BCUT2D eigenvalue weighted by Gasteiger charge is 2.23. The molecular formula is C19H25N7OS. The van der Waals surface area contributed by atoms with E-state index < -0.39 is 0 Å². The number of amides is 1. The van der Waals surface area contributed by atoms with Crippen LogP contribution in [0.15, 0.2) is 25.0 Å². The molecule has 0 bridgehead atoms. The van der Waals surface area contributed by atoms with Crippen LogP contribution >= 0.6 is 11.3 Å². The predicted molar refractivity (Wildman–Crippen MR) is 109 cm³/mol. The van der Waals surface area contributed by atoms with E-state index in [9.17, 15) is 4.79 Å². The molecule has 9 heteroatoms. The number of carbonyl (C=O) groups excluding carboxylic acids is 1. The van der Waals surface area contributed by atoms with Crippen LogP contribution in [0.2, 0.25) is 0 Å². The van der Waals surface area contributed by atoms with E-state index in [2.05, 4.69) is 37.9 Å². The van der Waals surface area contributed by atoms with E-state index in [1.807, 2.05) is 4.90 Å². The molecule has 8 nitrogen and oxygen atoms in total. The molecule has 1 aliphatic rings. The first-order valence-electron chi connectivity index (χ1n) is 9.83. The second-order valence-electron chi connectivity index (χ2n) is 6.97. The number of aromatic nitrogens is 5. The smallest absolute Gasteiger partial charge is 0.222 e. The lowest BCUT2D eigenvalue weighted by Crippen LogP contribution is -2.49. The van der Waals surface area contributed by atoms with Crippen molar-refractivity contribution >= 4 is 33.3 Å². The van der Waals surface area contributed by atoms with Crippen molar-refractivity contribution in [2.45, 2.75) is 39.2 Å². The van der Waals surface area contributed by atoms with Gasteiger partial charge in [0, 0.05) is 44.0 Å². The largest absolute Gasteiger partial charge is 0.352 e. The summed E-state index contributed by atoms with van der Waals surface area (Å²) in [5, 5.41) is 5.22. The van der Waals surface area contributed by atoms with Gasteiger partial charge in [0.1, 0.15) is 29.6 Å². The Morgan fingerprint density at radius 3 is 2.75 bits per heavy atom. The van der Waals surface area contributed by atoms with Crippen LogP contribution < -0.4 is 4.90 Å². The Morgan fingerprint density at radius 2 is 2.00 bits per heavy atom. The van der Waals surface area contributed by atoms with Gasteiger partial charge in [-0.25, -0.2) is 15.0 Å². The molecule has 1 aliphatic heterocycles. The third-order valence-corrected chi connectivity index (χ3v) is 6.32. The fourth-order valence-electron chi connectivity index (χ4n) is 3.54. The minimum atomic E-state index is 0.245. The van der Waals surface area contributed by atoms with Crippen LogP contribution in [0.1, 0.15) is 31.1 Å². The average molecular weight is 400 g/mol. The van der Waals surface area contributed by atoms with Gasteiger partial charge >= 0.3 is 0 Å². The van der Waals surface area contributed by atoms with Gasteiger partial charge in [0.15, 0.2) is 0 Å². The molecule has 3 aromatic heterocycles. The zero-order chi connectivity index (χ0) is 19.3. The molecule has 0 spiro atoms. The van der Waals surface area contributed by atoms with Crippen LogP contribution in [0.4, 0.5) is 5.82 Å². The number of hydrogen-bond acceptors (Lipinski definition) is 7. The Hall–Kier alpha value is -2.55. The summed E-state index contributed by atoms with van der Waals surface area (Å²) in [6, 6.07) is 2.21. The van der Waals surface area contributed by atoms with Crippen molar-refractivity contribution in [1.29, 1.82) is 0 Å². The minimum absolute atomic E-state index is 0.245. The summed E-state index contributed by atoms with van der Waals surface area (Å²) in [4.78, 5) is 32.0. The van der Waals surface area contributed by atoms with Crippen molar-refractivity contribution in [2.24, 2.45) is 0 Å². The molecular weight excluding hydrogens is 374 g/mol. The average Bonchev–Trinajstić information content (AvgIpc) is 3.40. The summed E-state index contributed by atoms with van der Waals surface area (Å²) < 4.78 is 1.81. The zero-order valence-electron chi connectivity index (χ0n) is 16.1. The number of fused-ring (bicyclic) bond motifs is 1. The van der Waals surface area contributed by atoms with Gasteiger partial charge in [-0.2, -0.15) is 5.10 Å². The van der Waals surface area contributed by atoms with Gasteiger partial charge < -0.3 is 9.80 Å². The first-order valence-corrected chi connectivity index (χ1v) is 10.6. The Morgan fingerprint density at radius 1 is 1.14 bits per heavy atom. The van der Waals surface area contributed by atoms with Gasteiger partial charge in [-0.3, -0.25) is 9.48 Å². The molecule has 0 atom stereocenters. The van der Waals surface area contributed by atoms with E-state index in [1.54, 1.807) is 28.7 Å². The maximum absolute atomic E-state index is 12.5. The second kappa shape index (κ2) is 8.64. The van der Waals surface area contributed by atoms with E-state index >= 15 is 0 Å². The van der Waals surface area contributed by atoms with Crippen LogP contribution in [-0.4, -0.2) is 61.7 Å². The standard InChI is InChI=1S/C19H25N7OS/c1-2-15-11-16-18(21-13-22-19(16)28-15)25-9-7-24(8-10-25)17(27)5-3-4-6-26-14-20-12-23-26/h11-14H,2-10H2,1H3. The highest BCUT2D eigenvalue weighted by Crippen LogP contribution is 2.31. The number of aryl methyl sites for hydroxylation is 2. The molecule has 1 saturated heterocycles. The van der Waals surface area contributed by atoms with E-state index in [1.165, 1.54) is 11.2 Å². The van der Waals surface area contributed by atoms with Gasteiger partial charge in [-0.1, -0.05) is 6.92 Å². The summed E-state index contributed by atoms with van der Waals surface area (Å²) in [6.07, 6.45) is 8.32. The van der Waals surface area contributed by atoms with E-state index in [4.69, 9.17) is 0 Å². The topological polar surface area (TPSA) is 80.0 Å². The Labute approximate surface area is 168 Å². The van der Waals surface area contributed by atoms with Crippen molar-refractivity contribution in [3.05, 3.63) is 29.9 Å². The molecule has 4 rings (SSSR count). The lowest BCUT2D eigenvalue weighted by Gasteiger charge is -2.35. The quantitative estimate of drug-likeness (QED) is 0.568. The van der Waals surface area contributed by atoms with Gasteiger partial charge in [0.25, 0.3) is 0 Å². The van der Waals surface area contributed by atoms with Gasteiger partial charge in [0.2, 0.25) is 5.91 Å². The second-order valence-corrected chi connectivity index (χ2v) is 8.08. The molecule has 1 amide bonds. The van der Waals surface area contributed by atoms with E-state index in [0.717, 1.165) is 68.0 Å². The number of rotatable bonds is 7. The van der Waals surface area contributed by atoms with Crippen LogP contribution in [0.5, 0.6) is 0 Å². The highest BCUT2D eigenvalue weighted by molar-refractivity contribution is 7.18. The molecule has 0 radical (unpaired) electrons. The number of thiophene rings is 1. The Bertz CT molecular complexity index is 916. The molecule has 148 valence electrons. The van der Waals surface area contributed by atoms with Gasteiger partial charge in [-0.15, -0.1) is 11.3 Å².